The van der Waals surface area contributed by atoms with Crippen LogP contribution in [-0.2, 0) is 5.54 Å². The number of nitrogens with one attached hydrogen (secondary N) is 1. The highest BCUT2D eigenvalue weighted by molar-refractivity contribution is 6.30. The lowest BCUT2D eigenvalue weighted by atomic mass is 9.88. The van der Waals surface area contributed by atoms with E-state index in [1.807, 2.05) is 19.1 Å². The number of halogens is 1. The summed E-state index contributed by atoms with van der Waals surface area (Å²) in [6, 6.07) is 11.3. The van der Waals surface area contributed by atoms with Crippen LogP contribution in [0.25, 0.3) is 0 Å². The Morgan fingerprint density at radius 3 is 2.62 bits per heavy atom. The number of anilines is 1. The average Bonchev–Trinajstić information content (AvgIpc) is 2.54. The lowest BCUT2D eigenvalue weighted by molar-refractivity contribution is 0.399. The number of rotatable bonds is 5. The molecule has 1 aromatic heterocycles. The van der Waals surface area contributed by atoms with E-state index in [2.05, 4.69) is 16.4 Å². The van der Waals surface area contributed by atoms with E-state index in [1.54, 1.807) is 37.7 Å². The molecule has 0 saturated heterocycles. The molecule has 0 amide bonds. The fraction of sp³-hybridized carbons (Fsp3) is 0.250. The van der Waals surface area contributed by atoms with Crippen molar-refractivity contribution < 1.29 is 4.74 Å². The van der Waals surface area contributed by atoms with Gasteiger partial charge in [0.15, 0.2) is 5.54 Å². The van der Waals surface area contributed by atoms with Gasteiger partial charge < -0.3 is 10.1 Å². The molecule has 5 heteroatoms. The van der Waals surface area contributed by atoms with Gasteiger partial charge in [0.2, 0.25) is 0 Å². The maximum atomic E-state index is 9.74. The number of pyridine rings is 1. The maximum Gasteiger partial charge on any atom is 0.155 e. The van der Waals surface area contributed by atoms with E-state index >= 15 is 0 Å². The molecule has 0 saturated carbocycles. The molecule has 1 heterocycles. The van der Waals surface area contributed by atoms with Gasteiger partial charge in [-0.1, -0.05) is 18.5 Å². The molecule has 4 nitrogen and oxygen atoms in total. The first-order chi connectivity index (χ1) is 10.1. The van der Waals surface area contributed by atoms with Gasteiger partial charge in [-0.15, -0.1) is 0 Å². The number of hydrogen-bond donors (Lipinski definition) is 1. The highest BCUT2D eigenvalue weighted by Crippen LogP contribution is 2.34. The van der Waals surface area contributed by atoms with E-state index in [0.29, 0.717) is 22.8 Å². The fourth-order valence-electron chi connectivity index (χ4n) is 2.17. The normalized spacial score (nSPS) is 13.0. The minimum Gasteiger partial charge on any atom is -0.496 e. The summed E-state index contributed by atoms with van der Waals surface area (Å²) in [6.07, 6.45) is 3.87. The summed E-state index contributed by atoms with van der Waals surface area (Å²) in [4.78, 5) is 4.12. The summed E-state index contributed by atoms with van der Waals surface area (Å²) in [5.41, 5.74) is 0.620. The Bertz CT molecular complexity index is 651. The lowest BCUT2D eigenvalue weighted by Gasteiger charge is -2.29. The van der Waals surface area contributed by atoms with Gasteiger partial charge in [0, 0.05) is 23.1 Å². The molecule has 21 heavy (non-hydrogen) atoms. The predicted molar refractivity (Wildman–Crippen MR) is 83.4 cm³/mol. The van der Waals surface area contributed by atoms with Crippen molar-refractivity contribution in [3.05, 3.63) is 53.3 Å². The van der Waals surface area contributed by atoms with Crippen LogP contribution in [0.5, 0.6) is 5.75 Å². The van der Waals surface area contributed by atoms with Gasteiger partial charge >= 0.3 is 0 Å². The smallest absolute Gasteiger partial charge is 0.155 e. The maximum absolute atomic E-state index is 9.74. The Hall–Kier alpha value is -2.25. The number of nitrogens with zero attached hydrogens (tertiary/aromatic N) is 2. The highest BCUT2D eigenvalue weighted by Gasteiger charge is 2.33. The van der Waals surface area contributed by atoms with Crippen molar-refractivity contribution in [2.45, 2.75) is 18.9 Å². The standard InChI is InChI=1S/C16H16ClN3O/c1-3-16(11-18,14-10-19-9-8-15(14)21-2)20-13-6-4-12(17)5-7-13/h4-10,20H,3H2,1-2H3. The first-order valence-corrected chi connectivity index (χ1v) is 6.96. The number of ether oxygens (including phenoxy) is 1. The Morgan fingerprint density at radius 1 is 1.33 bits per heavy atom. The van der Waals surface area contributed by atoms with E-state index in [0.717, 1.165) is 5.69 Å². The molecule has 0 aliphatic rings. The predicted octanol–water partition coefficient (Wildman–Crippen LogP) is 3.98. The quantitative estimate of drug-likeness (QED) is 0.907. The van der Waals surface area contributed by atoms with Gasteiger partial charge in [0.25, 0.3) is 0 Å². The van der Waals surface area contributed by atoms with Crippen LogP contribution in [0.3, 0.4) is 0 Å². The van der Waals surface area contributed by atoms with Gasteiger partial charge in [-0.05, 0) is 36.8 Å². The van der Waals surface area contributed by atoms with Crippen molar-refractivity contribution in [3.63, 3.8) is 0 Å². The topological polar surface area (TPSA) is 57.9 Å². The Kier molecular flexibility index (Phi) is 4.66. The van der Waals surface area contributed by atoms with E-state index in [1.165, 1.54) is 0 Å². The van der Waals surface area contributed by atoms with Crippen molar-refractivity contribution in [2.24, 2.45) is 0 Å². The van der Waals surface area contributed by atoms with Crippen LogP contribution < -0.4 is 10.1 Å². The minimum atomic E-state index is -0.909. The summed E-state index contributed by atoms with van der Waals surface area (Å²) >= 11 is 5.89. The molecule has 1 atom stereocenters. The van der Waals surface area contributed by atoms with Crippen LogP contribution in [-0.4, -0.2) is 12.1 Å². The van der Waals surface area contributed by atoms with Crippen molar-refractivity contribution >= 4 is 17.3 Å². The number of aromatic nitrogens is 1. The van der Waals surface area contributed by atoms with Gasteiger partial charge in [-0.25, -0.2) is 0 Å². The summed E-state index contributed by atoms with van der Waals surface area (Å²) < 4.78 is 5.36. The van der Waals surface area contributed by atoms with Crippen molar-refractivity contribution in [1.82, 2.24) is 4.98 Å². The van der Waals surface area contributed by atoms with E-state index in [9.17, 15) is 5.26 Å². The summed E-state index contributed by atoms with van der Waals surface area (Å²) in [6.45, 7) is 1.94. The Labute approximate surface area is 129 Å². The molecule has 0 radical (unpaired) electrons. The second kappa shape index (κ2) is 6.47. The van der Waals surface area contributed by atoms with Crippen molar-refractivity contribution in [1.29, 1.82) is 5.26 Å². The fourth-order valence-corrected chi connectivity index (χ4v) is 2.30. The van der Waals surface area contributed by atoms with Gasteiger partial charge in [-0.3, -0.25) is 4.98 Å². The second-order valence-corrected chi connectivity index (χ2v) is 5.01. The number of nitriles is 1. The summed E-state index contributed by atoms with van der Waals surface area (Å²) in [5.74, 6) is 0.634. The molecule has 1 unspecified atom stereocenters. The zero-order valence-corrected chi connectivity index (χ0v) is 12.7. The van der Waals surface area contributed by atoms with E-state index in [-0.39, 0.29) is 0 Å². The largest absolute Gasteiger partial charge is 0.496 e. The van der Waals surface area contributed by atoms with Crippen LogP contribution in [0.15, 0.2) is 42.7 Å². The third-order valence-corrected chi connectivity index (χ3v) is 3.64. The molecule has 2 rings (SSSR count). The Balaban J connectivity index is 2.45. The third-order valence-electron chi connectivity index (χ3n) is 3.38. The average molecular weight is 302 g/mol. The van der Waals surface area contributed by atoms with Crippen molar-refractivity contribution in [3.8, 4) is 11.8 Å². The molecule has 0 aliphatic carbocycles. The van der Waals surface area contributed by atoms with Crippen LogP contribution >= 0.6 is 11.6 Å². The number of hydrogen-bond acceptors (Lipinski definition) is 4. The molecular weight excluding hydrogens is 286 g/mol. The molecule has 1 aromatic carbocycles. The monoisotopic (exact) mass is 301 g/mol. The second-order valence-electron chi connectivity index (χ2n) is 4.58. The molecule has 108 valence electrons. The molecule has 0 aliphatic heterocycles. The van der Waals surface area contributed by atoms with Gasteiger partial charge in [-0.2, -0.15) is 5.26 Å². The molecule has 0 fully saturated rings. The number of benzene rings is 1. The van der Waals surface area contributed by atoms with E-state index < -0.39 is 5.54 Å². The Morgan fingerprint density at radius 2 is 2.05 bits per heavy atom. The zero-order valence-electron chi connectivity index (χ0n) is 11.9. The zero-order chi connectivity index (χ0) is 15.3. The third kappa shape index (κ3) is 3.09. The molecular formula is C16H16ClN3O. The van der Waals surface area contributed by atoms with Gasteiger partial charge in [0.05, 0.1) is 18.7 Å². The van der Waals surface area contributed by atoms with Crippen LogP contribution in [0.1, 0.15) is 18.9 Å². The molecule has 0 bridgehead atoms. The number of methoxy groups -OCH3 is 1. The van der Waals surface area contributed by atoms with Crippen LogP contribution in [0, 0.1) is 11.3 Å². The van der Waals surface area contributed by atoms with Crippen LogP contribution in [0.2, 0.25) is 5.02 Å². The van der Waals surface area contributed by atoms with E-state index in [4.69, 9.17) is 16.3 Å². The molecule has 0 spiro atoms. The molecule has 2 aromatic rings. The van der Waals surface area contributed by atoms with Crippen molar-refractivity contribution in [2.75, 3.05) is 12.4 Å². The minimum absolute atomic E-state index is 0.564. The first-order valence-electron chi connectivity index (χ1n) is 6.58. The molecule has 1 N–H and O–H groups in total. The highest BCUT2D eigenvalue weighted by atomic mass is 35.5. The van der Waals surface area contributed by atoms with Gasteiger partial charge in [0.1, 0.15) is 5.75 Å². The summed E-state index contributed by atoms with van der Waals surface area (Å²) in [7, 11) is 1.58. The summed E-state index contributed by atoms with van der Waals surface area (Å²) in [5, 5.41) is 13.7. The lowest BCUT2D eigenvalue weighted by Crippen LogP contribution is -2.33. The first kappa shape index (κ1) is 15.1. The SMILES string of the molecule is CCC(C#N)(Nc1ccc(Cl)cc1)c1cnccc1OC. The van der Waals surface area contributed by atoms with Crippen LogP contribution in [0.4, 0.5) is 5.69 Å².